The third kappa shape index (κ3) is 8.19. The Morgan fingerprint density at radius 2 is 1.83 bits per heavy atom. The molecule has 7 atom stereocenters. The van der Waals surface area contributed by atoms with Gasteiger partial charge in [-0.15, -0.1) is 0 Å². The van der Waals surface area contributed by atoms with Crippen molar-refractivity contribution in [1.29, 1.82) is 0 Å². The van der Waals surface area contributed by atoms with Gasteiger partial charge in [-0.1, -0.05) is 73.9 Å². The Bertz CT molecular complexity index is 1360. The lowest BCUT2D eigenvalue weighted by Gasteiger charge is -2.44. The molecule has 1 spiro atoms. The van der Waals surface area contributed by atoms with Crippen molar-refractivity contribution in [3.8, 4) is 5.75 Å². The Morgan fingerprint density at radius 1 is 1.02 bits per heavy atom. The molecule has 3 aliphatic carbocycles. The zero-order chi connectivity index (χ0) is 32.5. The first-order valence-corrected chi connectivity index (χ1v) is 17.5. The smallest absolute Gasteiger partial charge is 0.307 e. The number of fused-ring (bicyclic) bond motifs is 3. The minimum Gasteiger partial charge on any atom is -0.508 e. The number of allylic oxidation sites excluding steroid dienone is 3. The van der Waals surface area contributed by atoms with Crippen molar-refractivity contribution in [1.82, 2.24) is 0 Å². The molecule has 0 heterocycles. The maximum absolute atomic E-state index is 12.8. The van der Waals surface area contributed by atoms with E-state index >= 15 is 0 Å². The number of aliphatic carboxylic acids is 1. The molecule has 0 radical (unpaired) electrons. The largest absolute Gasteiger partial charge is 0.508 e. The van der Waals surface area contributed by atoms with Gasteiger partial charge < -0.3 is 25.2 Å². The zero-order valence-corrected chi connectivity index (χ0v) is 27.1. The number of carbonyl (C=O) groups is 2. The molecule has 46 heavy (non-hydrogen) atoms. The van der Waals surface area contributed by atoms with Crippen LogP contribution in [0.5, 0.6) is 5.75 Å². The Morgan fingerprint density at radius 3 is 2.54 bits per heavy atom. The quantitative estimate of drug-likeness (QED) is 0.115. The molecule has 7 unspecified atom stereocenters. The fourth-order valence-electron chi connectivity index (χ4n) is 8.78. The van der Waals surface area contributed by atoms with Crippen molar-refractivity contribution in [2.45, 2.75) is 107 Å². The molecule has 248 valence electrons. The third-order valence-corrected chi connectivity index (χ3v) is 11.3. The van der Waals surface area contributed by atoms with Crippen LogP contribution in [0.1, 0.15) is 106 Å². The highest BCUT2D eigenvalue weighted by Gasteiger charge is 2.47. The molecule has 2 aromatic carbocycles. The highest BCUT2D eigenvalue weighted by molar-refractivity contribution is 5.73. The number of phenols is 1. The molecular weight excluding hydrogens is 576 g/mol. The topological polar surface area (TPSA) is 115 Å². The average Bonchev–Trinajstić information content (AvgIpc) is 3.53. The van der Waals surface area contributed by atoms with Crippen molar-refractivity contribution in [2.24, 2.45) is 23.7 Å². The molecule has 5 rings (SSSR count). The van der Waals surface area contributed by atoms with Gasteiger partial charge in [0.1, 0.15) is 12.0 Å². The summed E-state index contributed by atoms with van der Waals surface area (Å²) in [5.74, 6) is -0.350. The summed E-state index contributed by atoms with van der Waals surface area (Å²) in [5.41, 5.74) is 3.84. The summed E-state index contributed by atoms with van der Waals surface area (Å²) in [5, 5.41) is 40.8. The molecule has 0 aliphatic heterocycles. The van der Waals surface area contributed by atoms with Crippen LogP contribution in [0.2, 0.25) is 0 Å². The van der Waals surface area contributed by atoms with Crippen LogP contribution >= 0.6 is 0 Å². The number of carboxylic acids is 1. The second-order valence-corrected chi connectivity index (χ2v) is 14.2. The van der Waals surface area contributed by atoms with E-state index in [0.717, 1.165) is 88.1 Å². The van der Waals surface area contributed by atoms with Crippen LogP contribution in [-0.2, 0) is 21.4 Å². The molecule has 2 bridgehead atoms. The minimum absolute atomic E-state index is 0.0149. The monoisotopic (exact) mass is 628 g/mol. The molecule has 1 saturated carbocycles. The van der Waals surface area contributed by atoms with E-state index in [1.54, 1.807) is 12.1 Å². The maximum atomic E-state index is 12.8. The average molecular weight is 629 g/mol. The van der Waals surface area contributed by atoms with E-state index in [0.29, 0.717) is 25.2 Å². The lowest BCUT2D eigenvalue weighted by atomic mass is 9.60. The van der Waals surface area contributed by atoms with Gasteiger partial charge in [-0.25, -0.2) is 0 Å². The SMILES string of the molecule is O=CC(CCCCCC1CC=CCC(C(=O)O)C2(CCCC(O)C2)c2cccc(c2)CC1c1ccc(O)cc1)C1C=C(CO)CC1. The van der Waals surface area contributed by atoms with Gasteiger partial charge in [0.15, 0.2) is 0 Å². The lowest BCUT2D eigenvalue weighted by molar-refractivity contribution is -0.145. The minimum atomic E-state index is -0.797. The van der Waals surface area contributed by atoms with Gasteiger partial charge in [0, 0.05) is 11.3 Å². The summed E-state index contributed by atoms with van der Waals surface area (Å²) >= 11 is 0. The van der Waals surface area contributed by atoms with Crippen LogP contribution in [0, 0.1) is 23.7 Å². The highest BCUT2D eigenvalue weighted by atomic mass is 16.4. The molecule has 3 aliphatic rings. The van der Waals surface area contributed by atoms with Crippen LogP contribution in [0.25, 0.3) is 0 Å². The molecule has 1 fully saturated rings. The second-order valence-electron chi connectivity index (χ2n) is 14.2. The first-order valence-electron chi connectivity index (χ1n) is 17.5. The normalized spacial score (nSPS) is 29.0. The number of aliphatic hydroxyl groups excluding tert-OH is 2. The van der Waals surface area contributed by atoms with Crippen molar-refractivity contribution >= 4 is 12.3 Å². The number of hydrogen-bond acceptors (Lipinski definition) is 5. The number of unbranched alkanes of at least 4 members (excludes halogenated alkanes) is 2. The number of aliphatic hydroxyl groups is 2. The van der Waals surface area contributed by atoms with E-state index in [1.807, 2.05) is 12.1 Å². The highest BCUT2D eigenvalue weighted by Crippen LogP contribution is 2.48. The second kappa shape index (κ2) is 16.1. The van der Waals surface area contributed by atoms with Crippen LogP contribution in [0.15, 0.2) is 72.3 Å². The molecule has 0 amide bonds. The van der Waals surface area contributed by atoms with Crippen molar-refractivity contribution in [3.63, 3.8) is 0 Å². The van der Waals surface area contributed by atoms with E-state index in [-0.39, 0.29) is 30.1 Å². The molecule has 2 aromatic rings. The predicted molar refractivity (Wildman–Crippen MR) is 181 cm³/mol. The van der Waals surface area contributed by atoms with Gasteiger partial charge in [-0.2, -0.15) is 0 Å². The summed E-state index contributed by atoms with van der Waals surface area (Å²) in [4.78, 5) is 24.7. The fraction of sp³-hybridized carbons (Fsp3) is 0.550. The van der Waals surface area contributed by atoms with Crippen molar-refractivity contribution in [2.75, 3.05) is 6.61 Å². The van der Waals surface area contributed by atoms with E-state index in [2.05, 4.69) is 42.5 Å². The molecular formula is C40H52O6. The number of hydrogen-bond donors (Lipinski definition) is 4. The maximum Gasteiger partial charge on any atom is 0.307 e. The van der Waals surface area contributed by atoms with E-state index < -0.39 is 23.4 Å². The molecule has 0 aromatic heterocycles. The number of carbonyl (C=O) groups excluding carboxylic acids is 1. The standard InChI is InChI=1S/C40H52O6/c41-26-29-15-16-32(22-29)33(27-42)11-3-1-2-9-30-10-4-5-14-38(39(45)46)40(21-7-13-36(44)25-40)34-12-6-8-28(23-34)24-37(30)31-17-19-35(43)20-18-31/h4-6,8,12,17-20,22-23,27,30,32-33,36-38,41,43-44H,1-3,7,9-11,13-16,21,24-26H2,(H,45,46). The molecule has 4 N–H and O–H groups in total. The van der Waals surface area contributed by atoms with Gasteiger partial charge >= 0.3 is 5.97 Å². The van der Waals surface area contributed by atoms with Gasteiger partial charge in [0.05, 0.1) is 18.6 Å². The summed E-state index contributed by atoms with van der Waals surface area (Å²) < 4.78 is 0. The number of aromatic hydroxyl groups is 1. The Balaban J connectivity index is 1.37. The van der Waals surface area contributed by atoms with Gasteiger partial charge in [0.2, 0.25) is 0 Å². The number of carboxylic acid groups (broad SMARTS) is 1. The van der Waals surface area contributed by atoms with Gasteiger partial charge in [-0.05, 0) is 123 Å². The third-order valence-electron chi connectivity index (χ3n) is 11.3. The summed E-state index contributed by atoms with van der Waals surface area (Å²) in [6.45, 7) is 0.0887. The molecule has 0 saturated heterocycles. The summed E-state index contributed by atoms with van der Waals surface area (Å²) in [6, 6.07) is 16.1. The zero-order valence-electron chi connectivity index (χ0n) is 27.1. The van der Waals surface area contributed by atoms with Crippen LogP contribution in [0.3, 0.4) is 0 Å². The lowest BCUT2D eigenvalue weighted by Crippen LogP contribution is -2.45. The van der Waals surface area contributed by atoms with Crippen LogP contribution in [-0.4, -0.2) is 45.4 Å². The number of benzene rings is 2. The van der Waals surface area contributed by atoms with Crippen LogP contribution < -0.4 is 0 Å². The van der Waals surface area contributed by atoms with Crippen molar-refractivity contribution in [3.05, 3.63) is 89.0 Å². The summed E-state index contributed by atoms with van der Waals surface area (Å²) in [6.07, 6.45) is 18.6. The summed E-state index contributed by atoms with van der Waals surface area (Å²) in [7, 11) is 0. The van der Waals surface area contributed by atoms with E-state index in [9.17, 15) is 30.0 Å². The first-order chi connectivity index (χ1) is 22.3. The van der Waals surface area contributed by atoms with E-state index in [4.69, 9.17) is 0 Å². The van der Waals surface area contributed by atoms with Gasteiger partial charge in [-0.3, -0.25) is 4.79 Å². The Labute approximate surface area is 274 Å². The van der Waals surface area contributed by atoms with Crippen molar-refractivity contribution < 1.29 is 30.0 Å². The number of phenolic OH excluding ortho intramolecular Hbond substituents is 1. The number of rotatable bonds is 11. The molecule has 6 heteroatoms. The number of aldehydes is 1. The fourth-order valence-corrected chi connectivity index (χ4v) is 8.78. The van der Waals surface area contributed by atoms with Gasteiger partial charge in [0.25, 0.3) is 0 Å². The Kier molecular flexibility index (Phi) is 11.9. The first kappa shape index (κ1) is 34.1. The Hall–Kier alpha value is -3.22. The predicted octanol–water partition coefficient (Wildman–Crippen LogP) is 7.65. The van der Waals surface area contributed by atoms with E-state index in [1.165, 1.54) is 11.1 Å². The molecule has 6 nitrogen and oxygen atoms in total. The van der Waals surface area contributed by atoms with Crippen LogP contribution in [0.4, 0.5) is 0 Å².